The van der Waals surface area contributed by atoms with Crippen LogP contribution in [0.2, 0.25) is 0 Å². The fourth-order valence-corrected chi connectivity index (χ4v) is 5.17. The van der Waals surface area contributed by atoms with Crippen LogP contribution in [0.15, 0.2) is 47.5 Å². The molecule has 1 aromatic heterocycles. The molecule has 1 unspecified atom stereocenters. The van der Waals surface area contributed by atoms with Gasteiger partial charge < -0.3 is 14.7 Å². The molecule has 2 heterocycles. The predicted molar refractivity (Wildman–Crippen MR) is 122 cm³/mol. The zero-order valence-electron chi connectivity index (χ0n) is 19.2. The van der Waals surface area contributed by atoms with Crippen molar-refractivity contribution in [1.29, 1.82) is 0 Å². The maximum absolute atomic E-state index is 12.9. The SMILES string of the molecule is CC(C)(C)OC(=O)N1CCC(O)(Cn2cnc(-c3ccccc3)cc2=O)C2(CCCC2)C1. The standard InChI is InChI=1S/C25H33N3O4/c1-23(2,3)32-22(30)27-14-13-25(31,24(16-27)11-7-8-12-24)17-28-18-26-20(15-21(28)29)19-9-5-4-6-10-19/h4-6,9-10,15,18,31H,7-8,11-14,16-17H2,1-3H3. The molecule has 1 atom stereocenters. The lowest BCUT2D eigenvalue weighted by Crippen LogP contribution is -2.62. The van der Waals surface area contributed by atoms with Crippen LogP contribution in [0.25, 0.3) is 11.3 Å². The zero-order valence-corrected chi connectivity index (χ0v) is 19.2. The predicted octanol–water partition coefficient (Wildman–Crippen LogP) is 3.84. The Labute approximate surface area is 189 Å². The van der Waals surface area contributed by atoms with Crippen LogP contribution in [0.4, 0.5) is 4.79 Å². The average Bonchev–Trinajstić information content (AvgIpc) is 3.21. The summed E-state index contributed by atoms with van der Waals surface area (Å²) in [6.07, 6.45) is 5.26. The monoisotopic (exact) mass is 439 g/mol. The highest BCUT2D eigenvalue weighted by Gasteiger charge is 2.56. The quantitative estimate of drug-likeness (QED) is 0.785. The molecule has 1 aliphatic carbocycles. The van der Waals surface area contributed by atoms with Gasteiger partial charge in [-0.05, 0) is 40.0 Å². The molecule has 172 valence electrons. The van der Waals surface area contributed by atoms with Gasteiger partial charge in [-0.3, -0.25) is 9.36 Å². The third-order valence-electron chi connectivity index (χ3n) is 6.87. The number of hydrogen-bond acceptors (Lipinski definition) is 5. The molecule has 7 heteroatoms. The molecule has 1 saturated carbocycles. The van der Waals surface area contributed by atoms with Crippen molar-refractivity contribution in [2.75, 3.05) is 13.1 Å². The molecule has 1 aliphatic heterocycles. The number of benzene rings is 1. The second kappa shape index (κ2) is 8.35. The Kier molecular flexibility index (Phi) is 5.88. The normalized spacial score (nSPS) is 22.8. The fourth-order valence-electron chi connectivity index (χ4n) is 5.17. The number of ether oxygens (including phenoxy) is 1. The van der Waals surface area contributed by atoms with Crippen LogP contribution in [-0.4, -0.2) is 49.9 Å². The van der Waals surface area contributed by atoms with E-state index in [-0.39, 0.29) is 18.2 Å². The van der Waals surface area contributed by atoms with Gasteiger partial charge in [0.05, 0.1) is 24.2 Å². The zero-order chi connectivity index (χ0) is 23.0. The molecule has 4 rings (SSSR count). The summed E-state index contributed by atoms with van der Waals surface area (Å²) in [7, 11) is 0. The molecule has 32 heavy (non-hydrogen) atoms. The fraction of sp³-hybridized carbons (Fsp3) is 0.560. The van der Waals surface area contributed by atoms with Crippen molar-refractivity contribution in [3.05, 3.63) is 53.1 Å². The first-order valence-corrected chi connectivity index (χ1v) is 11.4. The van der Waals surface area contributed by atoms with Crippen molar-refractivity contribution in [2.45, 2.75) is 70.6 Å². The largest absolute Gasteiger partial charge is 0.444 e. The van der Waals surface area contributed by atoms with Crippen LogP contribution in [0.1, 0.15) is 52.9 Å². The van der Waals surface area contributed by atoms with Gasteiger partial charge in [0.1, 0.15) is 5.60 Å². The Bertz CT molecular complexity index is 1020. The topological polar surface area (TPSA) is 84.7 Å². The number of carbonyl (C=O) groups is 1. The summed E-state index contributed by atoms with van der Waals surface area (Å²) >= 11 is 0. The van der Waals surface area contributed by atoms with Gasteiger partial charge in [-0.2, -0.15) is 0 Å². The number of nitrogens with zero attached hydrogens (tertiary/aromatic N) is 3. The van der Waals surface area contributed by atoms with Crippen LogP contribution < -0.4 is 5.56 Å². The number of hydrogen-bond donors (Lipinski definition) is 1. The van der Waals surface area contributed by atoms with E-state index in [0.717, 1.165) is 31.2 Å². The Morgan fingerprint density at radius 2 is 1.84 bits per heavy atom. The van der Waals surface area contributed by atoms with E-state index in [2.05, 4.69) is 4.98 Å². The van der Waals surface area contributed by atoms with Gasteiger partial charge in [0.2, 0.25) is 0 Å². The summed E-state index contributed by atoms with van der Waals surface area (Å²) in [5.41, 5.74) is -0.771. The van der Waals surface area contributed by atoms with Crippen molar-refractivity contribution in [2.24, 2.45) is 5.41 Å². The van der Waals surface area contributed by atoms with Gasteiger partial charge in [0, 0.05) is 30.1 Å². The summed E-state index contributed by atoms with van der Waals surface area (Å²) < 4.78 is 7.09. The minimum absolute atomic E-state index is 0.177. The third kappa shape index (κ3) is 4.44. The van der Waals surface area contributed by atoms with Crippen molar-refractivity contribution in [3.63, 3.8) is 0 Å². The van der Waals surface area contributed by atoms with E-state index in [9.17, 15) is 14.7 Å². The highest BCUT2D eigenvalue weighted by atomic mass is 16.6. The minimum Gasteiger partial charge on any atom is -0.444 e. The number of aromatic nitrogens is 2. The van der Waals surface area contributed by atoms with Gasteiger partial charge in [-0.25, -0.2) is 9.78 Å². The minimum atomic E-state index is -1.08. The number of amides is 1. The van der Waals surface area contributed by atoms with E-state index >= 15 is 0 Å². The van der Waals surface area contributed by atoms with Gasteiger partial charge in [-0.1, -0.05) is 43.2 Å². The van der Waals surface area contributed by atoms with Crippen molar-refractivity contribution in [1.82, 2.24) is 14.5 Å². The molecule has 1 saturated heterocycles. The summed E-state index contributed by atoms with van der Waals surface area (Å²) in [5, 5.41) is 11.9. The van der Waals surface area contributed by atoms with Gasteiger partial charge in [0.15, 0.2) is 0 Å². The lowest BCUT2D eigenvalue weighted by atomic mass is 9.66. The lowest BCUT2D eigenvalue weighted by Gasteiger charge is -2.52. The van der Waals surface area contributed by atoms with Gasteiger partial charge in [0.25, 0.3) is 5.56 Å². The van der Waals surface area contributed by atoms with Crippen LogP contribution in [-0.2, 0) is 11.3 Å². The second-order valence-corrected chi connectivity index (χ2v) is 10.3. The molecule has 2 fully saturated rings. The molecular weight excluding hydrogens is 406 g/mol. The summed E-state index contributed by atoms with van der Waals surface area (Å²) in [4.78, 5) is 31.8. The summed E-state index contributed by atoms with van der Waals surface area (Å²) in [6, 6.07) is 11.1. The Morgan fingerprint density at radius 3 is 2.47 bits per heavy atom. The molecule has 7 nitrogen and oxygen atoms in total. The summed E-state index contributed by atoms with van der Waals surface area (Å²) in [5.74, 6) is 0. The smallest absolute Gasteiger partial charge is 0.410 e. The van der Waals surface area contributed by atoms with E-state index in [1.54, 1.807) is 4.90 Å². The first-order valence-electron chi connectivity index (χ1n) is 11.4. The van der Waals surface area contributed by atoms with Crippen molar-refractivity contribution in [3.8, 4) is 11.3 Å². The first-order chi connectivity index (χ1) is 15.1. The third-order valence-corrected chi connectivity index (χ3v) is 6.87. The van der Waals surface area contributed by atoms with E-state index in [1.165, 1.54) is 17.0 Å². The molecular formula is C25H33N3O4. The Hall–Kier alpha value is -2.67. The number of carbonyl (C=O) groups excluding carboxylic acids is 1. The first kappa shape index (κ1) is 22.5. The van der Waals surface area contributed by atoms with Crippen LogP contribution in [0, 0.1) is 5.41 Å². The summed E-state index contributed by atoms with van der Waals surface area (Å²) in [6.45, 7) is 6.59. The van der Waals surface area contributed by atoms with E-state index in [0.29, 0.717) is 25.2 Å². The van der Waals surface area contributed by atoms with Gasteiger partial charge in [-0.15, -0.1) is 0 Å². The number of aliphatic hydroxyl groups is 1. The van der Waals surface area contributed by atoms with Crippen LogP contribution in [0.5, 0.6) is 0 Å². The van der Waals surface area contributed by atoms with E-state index < -0.39 is 16.6 Å². The molecule has 1 N–H and O–H groups in total. The van der Waals surface area contributed by atoms with Crippen LogP contribution >= 0.6 is 0 Å². The van der Waals surface area contributed by atoms with E-state index in [4.69, 9.17) is 4.74 Å². The van der Waals surface area contributed by atoms with Crippen molar-refractivity contribution >= 4 is 6.09 Å². The maximum atomic E-state index is 12.9. The lowest BCUT2D eigenvalue weighted by molar-refractivity contribution is -0.140. The Morgan fingerprint density at radius 1 is 1.16 bits per heavy atom. The molecule has 0 bridgehead atoms. The highest BCUT2D eigenvalue weighted by molar-refractivity contribution is 5.68. The van der Waals surface area contributed by atoms with E-state index in [1.807, 2.05) is 51.1 Å². The molecule has 1 spiro atoms. The molecule has 2 aliphatic rings. The number of rotatable bonds is 3. The number of piperidine rings is 1. The second-order valence-electron chi connectivity index (χ2n) is 10.3. The molecule has 2 aromatic rings. The highest BCUT2D eigenvalue weighted by Crippen LogP contribution is 2.51. The molecule has 1 amide bonds. The molecule has 0 radical (unpaired) electrons. The average molecular weight is 440 g/mol. The Balaban J connectivity index is 1.57. The van der Waals surface area contributed by atoms with Crippen molar-refractivity contribution < 1.29 is 14.6 Å². The number of likely N-dealkylation sites (tertiary alicyclic amines) is 1. The van der Waals surface area contributed by atoms with Crippen LogP contribution in [0.3, 0.4) is 0 Å². The van der Waals surface area contributed by atoms with Gasteiger partial charge >= 0.3 is 6.09 Å². The maximum Gasteiger partial charge on any atom is 0.410 e. The molecule has 1 aromatic carbocycles.